The van der Waals surface area contributed by atoms with Crippen molar-refractivity contribution in [2.75, 3.05) is 0 Å². The maximum atomic E-state index is 10.3. The van der Waals surface area contributed by atoms with E-state index in [1.54, 1.807) is 12.4 Å². The molecule has 0 atom stereocenters. The number of pyridine rings is 1. The van der Waals surface area contributed by atoms with Gasteiger partial charge in [0.25, 0.3) is 0 Å². The van der Waals surface area contributed by atoms with E-state index in [9.17, 15) is 5.11 Å². The van der Waals surface area contributed by atoms with Crippen LogP contribution in [-0.2, 0) is 6.42 Å². The van der Waals surface area contributed by atoms with Crippen LogP contribution in [0.2, 0.25) is 0 Å². The highest BCUT2D eigenvalue weighted by Gasteiger charge is 2.06. The molecule has 3 aromatic rings. The van der Waals surface area contributed by atoms with Gasteiger partial charge in [0.05, 0.1) is 0 Å². The SMILES string of the molecule is Oc1c(Cc2ccncc2)ccc2ccccc12. The zero-order valence-electron chi connectivity index (χ0n) is 9.88. The van der Waals surface area contributed by atoms with E-state index in [0.717, 1.165) is 28.3 Å². The lowest BCUT2D eigenvalue weighted by Gasteiger charge is -2.08. The average molecular weight is 235 g/mol. The van der Waals surface area contributed by atoms with Gasteiger partial charge in [-0.1, -0.05) is 36.4 Å². The Morgan fingerprint density at radius 1 is 0.889 bits per heavy atom. The molecule has 18 heavy (non-hydrogen) atoms. The highest BCUT2D eigenvalue weighted by molar-refractivity contribution is 5.89. The Morgan fingerprint density at radius 2 is 1.67 bits per heavy atom. The van der Waals surface area contributed by atoms with Crippen LogP contribution < -0.4 is 0 Å². The normalized spacial score (nSPS) is 10.7. The van der Waals surface area contributed by atoms with Crippen LogP contribution in [0.15, 0.2) is 60.9 Å². The molecular formula is C16H13NO. The molecule has 3 rings (SSSR count). The lowest BCUT2D eigenvalue weighted by atomic mass is 10.0. The Labute approximate surface area is 106 Å². The first-order valence-corrected chi connectivity index (χ1v) is 5.93. The second-order valence-corrected chi connectivity index (χ2v) is 4.33. The highest BCUT2D eigenvalue weighted by atomic mass is 16.3. The molecule has 0 unspecified atom stereocenters. The number of rotatable bonds is 2. The molecule has 0 fully saturated rings. The maximum Gasteiger partial charge on any atom is 0.126 e. The van der Waals surface area contributed by atoms with E-state index in [-0.39, 0.29) is 0 Å². The van der Waals surface area contributed by atoms with Crippen molar-refractivity contribution in [3.8, 4) is 5.75 Å². The minimum Gasteiger partial charge on any atom is -0.507 e. The van der Waals surface area contributed by atoms with Crippen LogP contribution in [0.4, 0.5) is 0 Å². The second-order valence-electron chi connectivity index (χ2n) is 4.33. The third kappa shape index (κ3) is 1.93. The lowest BCUT2D eigenvalue weighted by Crippen LogP contribution is -1.90. The summed E-state index contributed by atoms with van der Waals surface area (Å²) in [5, 5.41) is 12.3. The van der Waals surface area contributed by atoms with Crippen molar-refractivity contribution in [2.24, 2.45) is 0 Å². The molecule has 0 radical (unpaired) electrons. The first kappa shape index (κ1) is 10.8. The fraction of sp³-hybridized carbons (Fsp3) is 0.0625. The van der Waals surface area contributed by atoms with Gasteiger partial charge in [-0.25, -0.2) is 0 Å². The standard InChI is InChI=1S/C16H13NO/c18-16-14(11-12-7-9-17-10-8-12)6-5-13-3-1-2-4-15(13)16/h1-10,18H,11H2. The van der Waals surface area contributed by atoms with E-state index in [4.69, 9.17) is 0 Å². The number of nitrogens with zero attached hydrogens (tertiary/aromatic N) is 1. The molecule has 2 nitrogen and oxygen atoms in total. The van der Waals surface area contributed by atoms with Gasteiger partial charge in [-0.2, -0.15) is 0 Å². The molecule has 0 aliphatic heterocycles. The van der Waals surface area contributed by atoms with Crippen molar-refractivity contribution >= 4 is 10.8 Å². The summed E-state index contributed by atoms with van der Waals surface area (Å²) < 4.78 is 0. The second kappa shape index (κ2) is 4.49. The fourth-order valence-electron chi connectivity index (χ4n) is 2.16. The number of aromatic nitrogens is 1. The summed E-state index contributed by atoms with van der Waals surface area (Å²) in [5.74, 6) is 0.380. The van der Waals surface area contributed by atoms with Gasteiger partial charge in [-0.15, -0.1) is 0 Å². The van der Waals surface area contributed by atoms with Crippen LogP contribution in [0.3, 0.4) is 0 Å². The summed E-state index contributed by atoms with van der Waals surface area (Å²) in [6, 6.07) is 15.8. The van der Waals surface area contributed by atoms with Crippen molar-refractivity contribution in [1.29, 1.82) is 0 Å². The Balaban J connectivity index is 2.05. The van der Waals surface area contributed by atoms with Crippen LogP contribution in [0.25, 0.3) is 10.8 Å². The van der Waals surface area contributed by atoms with Gasteiger partial charge >= 0.3 is 0 Å². The average Bonchev–Trinajstić information content (AvgIpc) is 2.43. The van der Waals surface area contributed by atoms with E-state index in [2.05, 4.69) is 4.98 Å². The summed E-state index contributed by atoms with van der Waals surface area (Å²) in [7, 11) is 0. The zero-order valence-corrected chi connectivity index (χ0v) is 9.88. The monoisotopic (exact) mass is 235 g/mol. The van der Waals surface area contributed by atoms with Gasteiger partial charge in [0.1, 0.15) is 5.75 Å². The Kier molecular flexibility index (Phi) is 2.69. The van der Waals surface area contributed by atoms with Crippen LogP contribution in [0, 0.1) is 0 Å². The van der Waals surface area contributed by atoms with Gasteiger partial charge in [-0.05, 0) is 28.6 Å². The summed E-state index contributed by atoms with van der Waals surface area (Å²) in [4.78, 5) is 4.00. The van der Waals surface area contributed by atoms with E-state index < -0.39 is 0 Å². The molecule has 0 amide bonds. The summed E-state index contributed by atoms with van der Waals surface area (Å²) >= 11 is 0. The van der Waals surface area contributed by atoms with E-state index >= 15 is 0 Å². The van der Waals surface area contributed by atoms with Crippen molar-refractivity contribution in [2.45, 2.75) is 6.42 Å². The van der Waals surface area contributed by atoms with Crippen molar-refractivity contribution in [3.63, 3.8) is 0 Å². The summed E-state index contributed by atoms with van der Waals surface area (Å²) in [6.45, 7) is 0. The van der Waals surface area contributed by atoms with Crippen LogP contribution in [0.1, 0.15) is 11.1 Å². The number of hydrogen-bond acceptors (Lipinski definition) is 2. The molecule has 0 aliphatic rings. The molecule has 0 saturated heterocycles. The predicted octanol–water partition coefficient (Wildman–Crippen LogP) is 3.53. The molecule has 0 aliphatic carbocycles. The molecule has 0 saturated carbocycles. The molecule has 1 N–H and O–H groups in total. The van der Waals surface area contributed by atoms with Gasteiger partial charge < -0.3 is 5.11 Å². The molecule has 2 heteroatoms. The highest BCUT2D eigenvalue weighted by Crippen LogP contribution is 2.29. The molecule has 88 valence electrons. The first-order chi connectivity index (χ1) is 8.84. The van der Waals surface area contributed by atoms with Crippen LogP contribution in [-0.4, -0.2) is 10.1 Å². The molecule has 2 aromatic carbocycles. The van der Waals surface area contributed by atoms with Gasteiger partial charge in [0.2, 0.25) is 0 Å². The largest absolute Gasteiger partial charge is 0.507 e. The van der Waals surface area contributed by atoms with Crippen LogP contribution >= 0.6 is 0 Å². The number of phenolic OH excluding ortho intramolecular Hbond substituents is 1. The minimum absolute atomic E-state index is 0.380. The number of aromatic hydroxyl groups is 1. The predicted molar refractivity (Wildman–Crippen MR) is 72.7 cm³/mol. The topological polar surface area (TPSA) is 33.1 Å². The molecular weight excluding hydrogens is 222 g/mol. The third-order valence-electron chi connectivity index (χ3n) is 3.13. The number of hydrogen-bond donors (Lipinski definition) is 1. The van der Waals surface area contributed by atoms with Gasteiger partial charge in [0, 0.05) is 24.2 Å². The number of benzene rings is 2. The van der Waals surface area contributed by atoms with Gasteiger partial charge in [-0.3, -0.25) is 4.98 Å². The van der Waals surface area contributed by atoms with Crippen LogP contribution in [0.5, 0.6) is 5.75 Å². The van der Waals surface area contributed by atoms with E-state index in [0.29, 0.717) is 5.75 Å². The number of phenols is 1. The van der Waals surface area contributed by atoms with Crippen molar-refractivity contribution in [1.82, 2.24) is 4.98 Å². The lowest BCUT2D eigenvalue weighted by molar-refractivity contribution is 0.476. The maximum absolute atomic E-state index is 10.3. The summed E-state index contributed by atoms with van der Waals surface area (Å²) in [5.41, 5.74) is 2.09. The molecule has 0 bridgehead atoms. The van der Waals surface area contributed by atoms with Gasteiger partial charge in [0.15, 0.2) is 0 Å². The first-order valence-electron chi connectivity index (χ1n) is 5.93. The van der Waals surface area contributed by atoms with E-state index in [1.807, 2.05) is 48.5 Å². The molecule has 1 aromatic heterocycles. The minimum atomic E-state index is 0.380. The Bertz CT molecular complexity index is 677. The fourth-order valence-corrected chi connectivity index (χ4v) is 2.16. The summed E-state index contributed by atoms with van der Waals surface area (Å²) in [6.07, 6.45) is 4.26. The molecule has 0 spiro atoms. The quantitative estimate of drug-likeness (QED) is 0.737. The van der Waals surface area contributed by atoms with Crippen molar-refractivity contribution in [3.05, 3.63) is 72.1 Å². The third-order valence-corrected chi connectivity index (χ3v) is 3.13. The smallest absolute Gasteiger partial charge is 0.126 e. The van der Waals surface area contributed by atoms with E-state index in [1.165, 1.54) is 0 Å². The Hall–Kier alpha value is -2.35. The Morgan fingerprint density at radius 3 is 2.50 bits per heavy atom. The number of fused-ring (bicyclic) bond motifs is 1. The van der Waals surface area contributed by atoms with Crippen molar-refractivity contribution < 1.29 is 5.11 Å². The molecule has 1 heterocycles. The zero-order chi connectivity index (χ0) is 12.4.